The molecule has 0 saturated carbocycles. The second kappa shape index (κ2) is 18.6. The van der Waals surface area contributed by atoms with E-state index in [0.29, 0.717) is 30.3 Å². The average Bonchev–Trinajstić information content (AvgIpc) is 1.50. The van der Waals surface area contributed by atoms with Gasteiger partial charge in [0.1, 0.15) is 29.8 Å². The van der Waals surface area contributed by atoms with Crippen LogP contribution in [0.4, 0.5) is 0 Å². The molecule has 86 heavy (non-hydrogen) atoms. The van der Waals surface area contributed by atoms with Gasteiger partial charge in [0.25, 0.3) is 0 Å². The van der Waals surface area contributed by atoms with E-state index in [1.165, 1.54) is 0 Å². The van der Waals surface area contributed by atoms with E-state index in [1.54, 1.807) is 0 Å². The minimum atomic E-state index is -3.13. The highest BCUT2D eigenvalue weighted by Crippen LogP contribution is 2.67. The first-order valence-electron chi connectivity index (χ1n) is 24.8. The molecule has 0 radical (unpaired) electrons. The van der Waals surface area contributed by atoms with E-state index >= 15 is 19.2 Å². The maximum Gasteiger partial charge on any atom is 0.339 e. The van der Waals surface area contributed by atoms with Crippen LogP contribution in [0.25, 0.3) is 16.7 Å². The van der Waals surface area contributed by atoms with E-state index in [1.807, 2.05) is 0 Å². The van der Waals surface area contributed by atoms with Gasteiger partial charge >= 0.3 is 29.8 Å². The number of aliphatic hydroxyl groups is 2. The van der Waals surface area contributed by atoms with Gasteiger partial charge in [-0.15, -0.1) is 0 Å². The smallest absolute Gasteiger partial charge is 0.339 e. The van der Waals surface area contributed by atoms with Gasteiger partial charge in [-0.25, -0.2) is 19.2 Å². The number of phenols is 16. The molecule has 5 aliphatic heterocycles. The summed E-state index contributed by atoms with van der Waals surface area (Å²) in [6, 6.07) is 4.62. The van der Waals surface area contributed by atoms with Crippen LogP contribution in [0.15, 0.2) is 54.3 Å². The molecule has 18 N–H and O–H groups in total. The van der Waals surface area contributed by atoms with Crippen molar-refractivity contribution >= 4 is 41.2 Å². The first kappa shape index (κ1) is 54.8. The van der Waals surface area contributed by atoms with Crippen LogP contribution in [0, 0.1) is 5.92 Å². The zero-order chi connectivity index (χ0) is 61.9. The molecule has 31 heteroatoms. The van der Waals surface area contributed by atoms with Crippen LogP contribution in [0.3, 0.4) is 0 Å². The van der Waals surface area contributed by atoms with Crippen molar-refractivity contribution in [2.45, 2.75) is 54.6 Å². The van der Waals surface area contributed by atoms with Crippen molar-refractivity contribution in [2.24, 2.45) is 5.92 Å². The fraction of sp³-hybridized carbons (Fsp3) is 0.200. The number of carbonyl (C=O) groups is 6. The summed E-state index contributed by atoms with van der Waals surface area (Å²) in [5.74, 6) is -38.7. The SMILES string of the molecule is O=C(O[C@@H]1COC(=O)c2cc(O)c(O)c(O)c2-c2c(cc(O)c(O)c2O)C(=O)O[C@H]1[C@@H]1OC(=O)c2cc(O)c(O)c(O)c2C2=C(O)C(=O)C34Oc5cc(O)c6c(c5[C@@H]3[C@@H]1OC(=O)C24)O[C@H](c1cc(O)c(O)c(O)c1)[C@H](O)C6)c1cc(O)c(O)c(O)c1. The predicted molar refractivity (Wildman–Crippen MR) is 269 cm³/mol. The maximum absolute atomic E-state index is 15.5. The highest BCUT2D eigenvalue weighted by atomic mass is 16.6. The number of benzene rings is 6. The summed E-state index contributed by atoms with van der Waals surface area (Å²) in [5.41, 5.74) is -13.4. The van der Waals surface area contributed by atoms with Crippen LogP contribution in [0.2, 0.25) is 0 Å². The Morgan fingerprint density at radius 3 is 1.56 bits per heavy atom. The number of cyclic esters (lactones) is 3. The molecule has 31 nitrogen and oxygen atoms in total. The third-order valence-corrected chi connectivity index (χ3v) is 15.6. The van der Waals surface area contributed by atoms with Crippen molar-refractivity contribution in [1.82, 2.24) is 0 Å². The number of hydrogen-bond donors (Lipinski definition) is 18. The molecule has 12 rings (SSSR count). The molecular formula is C55H38O31. The second-order valence-electron chi connectivity index (χ2n) is 20.3. The minimum absolute atomic E-state index is 0.286. The summed E-state index contributed by atoms with van der Waals surface area (Å²) >= 11 is 0. The molecule has 1 spiro atoms. The lowest BCUT2D eigenvalue weighted by Crippen LogP contribution is -2.65. The average molecular weight is 1190 g/mol. The number of aromatic hydroxyl groups is 16. The van der Waals surface area contributed by atoms with Crippen molar-refractivity contribution in [3.05, 3.63) is 98.8 Å². The van der Waals surface area contributed by atoms with Gasteiger partial charge in [-0.2, -0.15) is 0 Å². The Morgan fingerprint density at radius 1 is 0.512 bits per heavy atom. The first-order valence-corrected chi connectivity index (χ1v) is 24.8. The number of hydrogen-bond acceptors (Lipinski definition) is 31. The number of rotatable bonds is 4. The van der Waals surface area contributed by atoms with E-state index in [2.05, 4.69) is 0 Å². The van der Waals surface area contributed by atoms with Crippen molar-refractivity contribution in [2.75, 3.05) is 6.61 Å². The lowest BCUT2D eigenvalue weighted by Gasteiger charge is -2.47. The molecule has 2 unspecified atom stereocenters. The molecule has 444 valence electrons. The molecule has 6 aliphatic rings. The summed E-state index contributed by atoms with van der Waals surface area (Å²) in [5, 5.41) is 197. The number of aliphatic hydroxyl groups excluding tert-OH is 2. The lowest BCUT2D eigenvalue weighted by molar-refractivity contribution is -0.200. The standard InChI is InChI=1S/C55H38O31/c56-17-9-26-31(45-13(17)5-25(64)44(82-45)11-1-18(57)35(65)19(58)2-11)33-47-48(85-53(78)16-8-24(63)39(69)42(72)30(16)32-34(54(79)84-47)55(33,86-26)49(74)43(32)73)46-27(81-50(75)12-3-20(59)36(66)21(60)4-12)10-80-51(76)14-6-22(61)37(67)40(70)28(14)29-15(52(77)83-46)7-23(62)38(68)41(29)71/h1-4,6-9,25,27,33-34,44,46-48,56-73H,5,10H2/t25-,27-,33-,34?,44-,46-,47+,48+,55?/m1/s1. The zero-order valence-corrected chi connectivity index (χ0v) is 42.5. The maximum atomic E-state index is 15.5. The number of ketones is 1. The fourth-order valence-electron chi connectivity index (χ4n) is 11.8. The summed E-state index contributed by atoms with van der Waals surface area (Å²) < 4.78 is 42.3. The van der Waals surface area contributed by atoms with Crippen LogP contribution in [-0.2, 0) is 39.7 Å². The Hall–Kier alpha value is -11.8. The Bertz CT molecular complexity index is 4130. The largest absolute Gasteiger partial charge is 0.507 e. The number of esters is 5. The third-order valence-electron chi connectivity index (χ3n) is 15.6. The molecule has 1 fully saturated rings. The fourth-order valence-corrected chi connectivity index (χ4v) is 11.8. The molecule has 6 aromatic carbocycles. The molecule has 1 saturated heterocycles. The van der Waals surface area contributed by atoms with Crippen LogP contribution in [0.5, 0.6) is 103 Å². The van der Waals surface area contributed by atoms with Crippen molar-refractivity contribution in [3.8, 4) is 115 Å². The summed E-state index contributed by atoms with van der Waals surface area (Å²) in [7, 11) is 0. The van der Waals surface area contributed by atoms with Crippen molar-refractivity contribution in [1.29, 1.82) is 0 Å². The second-order valence-corrected chi connectivity index (χ2v) is 20.3. The Labute approximate surface area is 474 Å². The Morgan fingerprint density at radius 2 is 1.00 bits per heavy atom. The molecule has 0 amide bonds. The first-order chi connectivity index (χ1) is 40.6. The van der Waals surface area contributed by atoms with Gasteiger partial charge < -0.3 is 125 Å². The zero-order valence-electron chi connectivity index (χ0n) is 42.5. The molecule has 4 bridgehead atoms. The van der Waals surface area contributed by atoms with Gasteiger partial charge in [0.2, 0.25) is 28.6 Å². The number of carbonyl (C=O) groups excluding carboxylic acids is 6. The topological polar surface area (TPSA) is 531 Å². The van der Waals surface area contributed by atoms with Crippen LogP contribution < -0.4 is 9.47 Å². The molecule has 0 aromatic heterocycles. The highest BCUT2D eigenvalue weighted by molar-refractivity contribution is 6.21. The van der Waals surface area contributed by atoms with Gasteiger partial charge in [-0.05, 0) is 42.5 Å². The predicted octanol–water partition coefficient (Wildman–Crippen LogP) is 2.15. The molecule has 5 heterocycles. The number of fused-ring (bicyclic) bond motifs is 8. The van der Waals surface area contributed by atoms with Gasteiger partial charge in [0, 0.05) is 51.4 Å². The van der Waals surface area contributed by atoms with Crippen LogP contribution in [0.1, 0.15) is 75.7 Å². The summed E-state index contributed by atoms with van der Waals surface area (Å²) in [6.07, 6.45) is -15.4. The van der Waals surface area contributed by atoms with E-state index in [9.17, 15) is 102 Å². The summed E-state index contributed by atoms with van der Waals surface area (Å²) in [4.78, 5) is 90.2. The third kappa shape index (κ3) is 7.56. The Kier molecular flexibility index (Phi) is 11.9. The van der Waals surface area contributed by atoms with Gasteiger partial charge in [-0.1, -0.05) is 0 Å². The number of phenolic OH excluding ortho intramolecular Hbond substituents is 16. The van der Waals surface area contributed by atoms with Crippen LogP contribution >= 0.6 is 0 Å². The van der Waals surface area contributed by atoms with Gasteiger partial charge in [0.15, 0.2) is 105 Å². The molecule has 1 aliphatic carbocycles. The normalized spacial score (nSPS) is 24.4. The van der Waals surface area contributed by atoms with Gasteiger partial charge in [0.05, 0.1) is 34.3 Å². The van der Waals surface area contributed by atoms with E-state index < -0.39 is 262 Å². The summed E-state index contributed by atoms with van der Waals surface area (Å²) in [6.45, 7) is -1.59. The quantitative estimate of drug-likeness (QED) is 0.0683. The number of Topliss-reactive ketones (excluding diaryl/α,β-unsaturated/α-hetero) is 1. The minimum Gasteiger partial charge on any atom is -0.507 e. The number of ether oxygens (including phenoxy) is 7. The Balaban J connectivity index is 1.15. The van der Waals surface area contributed by atoms with E-state index in [0.717, 1.165) is 18.2 Å². The van der Waals surface area contributed by atoms with Gasteiger partial charge in [-0.3, -0.25) is 9.59 Å². The lowest BCUT2D eigenvalue weighted by atomic mass is 9.66. The van der Waals surface area contributed by atoms with E-state index in [-0.39, 0.29) is 11.1 Å². The molecule has 6 aromatic rings. The molecule has 9 atom stereocenters. The highest BCUT2D eigenvalue weighted by Gasteiger charge is 2.76. The van der Waals surface area contributed by atoms with Crippen molar-refractivity contribution < 1.29 is 154 Å². The molecular weight excluding hydrogens is 1160 g/mol. The monoisotopic (exact) mass is 1190 g/mol. The van der Waals surface area contributed by atoms with E-state index in [4.69, 9.17) is 33.2 Å². The van der Waals surface area contributed by atoms with Crippen LogP contribution in [-0.4, -0.2) is 170 Å². The van der Waals surface area contributed by atoms with Crippen molar-refractivity contribution in [3.63, 3.8) is 0 Å².